The van der Waals surface area contributed by atoms with Crippen LogP contribution in [-0.2, 0) is 21.2 Å². The summed E-state index contributed by atoms with van der Waals surface area (Å²) in [5.41, 5.74) is 1.87. The number of likely N-dealkylation sites (tertiary alicyclic amines) is 1. The monoisotopic (exact) mass is 377 g/mol. The Labute approximate surface area is 155 Å². The molecule has 0 N–H and O–H groups in total. The van der Waals surface area contributed by atoms with Crippen LogP contribution in [0, 0.1) is 5.92 Å². The first-order valence-corrected chi connectivity index (χ1v) is 11.2. The van der Waals surface area contributed by atoms with Crippen molar-refractivity contribution in [2.24, 2.45) is 5.92 Å². The molecule has 1 saturated heterocycles. The van der Waals surface area contributed by atoms with Gasteiger partial charge in [0.25, 0.3) is 0 Å². The molecule has 0 radical (unpaired) electrons. The molecule has 1 aromatic heterocycles. The highest BCUT2D eigenvalue weighted by atomic mass is 32.2. The molecule has 2 heterocycles. The lowest BCUT2D eigenvalue weighted by Gasteiger charge is -2.32. The first kappa shape index (κ1) is 18.9. The second kappa shape index (κ2) is 7.39. The van der Waals surface area contributed by atoms with E-state index in [1.807, 2.05) is 33.7 Å². The maximum absolute atomic E-state index is 12.9. The van der Waals surface area contributed by atoms with Gasteiger partial charge in [-0.25, -0.2) is 13.4 Å². The van der Waals surface area contributed by atoms with Gasteiger partial charge in [-0.2, -0.15) is 0 Å². The highest BCUT2D eigenvalue weighted by molar-refractivity contribution is 7.90. The van der Waals surface area contributed by atoms with Crippen molar-refractivity contribution >= 4 is 26.8 Å². The lowest BCUT2D eigenvalue weighted by atomic mass is 10.00. The predicted molar refractivity (Wildman–Crippen MR) is 103 cm³/mol. The Balaban J connectivity index is 1.79. The normalized spacial score (nSPS) is 18.6. The van der Waals surface area contributed by atoms with E-state index < -0.39 is 9.84 Å². The molecule has 0 spiro atoms. The Morgan fingerprint density at radius 1 is 1.31 bits per heavy atom. The smallest absolute Gasteiger partial charge is 0.242 e. The van der Waals surface area contributed by atoms with Gasteiger partial charge in [0, 0.05) is 25.3 Å². The van der Waals surface area contributed by atoms with Crippen molar-refractivity contribution in [2.45, 2.75) is 39.2 Å². The summed E-state index contributed by atoms with van der Waals surface area (Å²) in [4.78, 5) is 19.4. The van der Waals surface area contributed by atoms with E-state index in [9.17, 15) is 13.2 Å². The molecule has 1 aliphatic heterocycles. The summed E-state index contributed by atoms with van der Waals surface area (Å²) < 4.78 is 25.2. The zero-order chi connectivity index (χ0) is 18.9. The summed E-state index contributed by atoms with van der Waals surface area (Å²) >= 11 is 0. The number of rotatable bonds is 5. The summed E-state index contributed by atoms with van der Waals surface area (Å²) in [6.45, 7) is 5.62. The Kier molecular flexibility index (Phi) is 5.37. The third-order valence-electron chi connectivity index (χ3n) is 4.90. The van der Waals surface area contributed by atoms with Gasteiger partial charge in [0.05, 0.1) is 16.8 Å². The second-order valence-corrected chi connectivity index (χ2v) is 9.82. The third-order valence-corrected chi connectivity index (χ3v) is 5.98. The number of fused-ring (bicyclic) bond motifs is 1. The van der Waals surface area contributed by atoms with Crippen molar-refractivity contribution in [3.05, 3.63) is 30.1 Å². The number of piperidine rings is 1. The number of hydrogen-bond acceptors (Lipinski definition) is 4. The minimum absolute atomic E-state index is 0.0341. The minimum Gasteiger partial charge on any atom is -0.341 e. The van der Waals surface area contributed by atoms with E-state index >= 15 is 0 Å². The molecular formula is C19H27N3O3S. The number of carbonyl (C=O) groups is 1. The van der Waals surface area contributed by atoms with E-state index in [0.29, 0.717) is 13.1 Å². The highest BCUT2D eigenvalue weighted by Gasteiger charge is 2.27. The molecule has 0 aliphatic carbocycles. The molecule has 26 heavy (non-hydrogen) atoms. The standard InChI is InChI=1S/C19H27N3O3S/c1-14(2)19-20-16-8-4-5-9-17(16)22(19)12-18(23)21-10-6-7-15(11-21)13-26(3,24)25/h4-5,8-9,14-15H,6-7,10-13H2,1-3H3. The number of nitrogens with zero attached hydrogens (tertiary/aromatic N) is 3. The van der Waals surface area contributed by atoms with Crippen molar-refractivity contribution in [3.8, 4) is 0 Å². The molecule has 1 unspecified atom stereocenters. The Morgan fingerprint density at radius 2 is 2.04 bits per heavy atom. The van der Waals surface area contributed by atoms with Gasteiger partial charge in [0.15, 0.2) is 0 Å². The molecule has 6 nitrogen and oxygen atoms in total. The van der Waals surface area contributed by atoms with E-state index in [2.05, 4.69) is 18.8 Å². The van der Waals surface area contributed by atoms with Crippen molar-refractivity contribution in [2.75, 3.05) is 25.1 Å². The van der Waals surface area contributed by atoms with Gasteiger partial charge in [0.2, 0.25) is 5.91 Å². The molecule has 7 heteroatoms. The molecule has 3 rings (SSSR count). The first-order chi connectivity index (χ1) is 12.2. The fourth-order valence-corrected chi connectivity index (χ4v) is 4.92. The summed E-state index contributed by atoms with van der Waals surface area (Å²) in [5, 5.41) is 0. The molecule has 142 valence electrons. The molecule has 2 aromatic rings. The third kappa shape index (κ3) is 4.26. The summed E-state index contributed by atoms with van der Waals surface area (Å²) in [6, 6.07) is 7.86. The van der Waals surface area contributed by atoms with E-state index in [-0.39, 0.29) is 30.0 Å². The van der Waals surface area contributed by atoms with E-state index in [1.54, 1.807) is 0 Å². The average molecular weight is 378 g/mol. The van der Waals surface area contributed by atoms with Gasteiger partial charge in [-0.15, -0.1) is 0 Å². The lowest BCUT2D eigenvalue weighted by molar-refractivity contribution is -0.133. The van der Waals surface area contributed by atoms with Gasteiger partial charge in [-0.3, -0.25) is 4.79 Å². The fourth-order valence-electron chi connectivity index (χ4n) is 3.79. The molecule has 0 bridgehead atoms. The van der Waals surface area contributed by atoms with Crippen LogP contribution in [0.2, 0.25) is 0 Å². The maximum atomic E-state index is 12.9. The number of imidazole rings is 1. The number of sulfone groups is 1. The zero-order valence-corrected chi connectivity index (χ0v) is 16.5. The van der Waals surface area contributed by atoms with Crippen molar-refractivity contribution in [1.82, 2.24) is 14.5 Å². The van der Waals surface area contributed by atoms with E-state index in [4.69, 9.17) is 0 Å². The van der Waals surface area contributed by atoms with Crippen molar-refractivity contribution in [1.29, 1.82) is 0 Å². The van der Waals surface area contributed by atoms with Gasteiger partial charge < -0.3 is 9.47 Å². The Bertz CT molecular complexity index is 902. The van der Waals surface area contributed by atoms with Crippen LogP contribution in [0.15, 0.2) is 24.3 Å². The maximum Gasteiger partial charge on any atom is 0.242 e. The quantitative estimate of drug-likeness (QED) is 0.802. The largest absolute Gasteiger partial charge is 0.341 e. The van der Waals surface area contributed by atoms with Crippen molar-refractivity contribution < 1.29 is 13.2 Å². The lowest BCUT2D eigenvalue weighted by Crippen LogP contribution is -2.43. The van der Waals surface area contributed by atoms with Gasteiger partial charge >= 0.3 is 0 Å². The molecule has 1 atom stereocenters. The van der Waals surface area contributed by atoms with Crippen molar-refractivity contribution in [3.63, 3.8) is 0 Å². The van der Waals surface area contributed by atoms with Crippen LogP contribution >= 0.6 is 0 Å². The van der Waals surface area contributed by atoms with Crippen LogP contribution in [-0.4, -0.2) is 53.9 Å². The summed E-state index contributed by atoms with van der Waals surface area (Å²) in [6.07, 6.45) is 2.98. The van der Waals surface area contributed by atoms with Gasteiger partial charge in [-0.1, -0.05) is 26.0 Å². The Morgan fingerprint density at radius 3 is 2.73 bits per heavy atom. The molecule has 1 aliphatic rings. The number of benzene rings is 1. The Hall–Kier alpha value is -1.89. The second-order valence-electron chi connectivity index (χ2n) is 7.64. The zero-order valence-electron chi connectivity index (χ0n) is 15.7. The molecular weight excluding hydrogens is 350 g/mol. The van der Waals surface area contributed by atoms with Crippen LogP contribution in [0.5, 0.6) is 0 Å². The number of carbonyl (C=O) groups excluding carboxylic acids is 1. The molecule has 1 amide bonds. The number of hydrogen-bond donors (Lipinski definition) is 0. The van der Waals surface area contributed by atoms with E-state index in [1.165, 1.54) is 6.26 Å². The highest BCUT2D eigenvalue weighted by Crippen LogP contribution is 2.23. The number of aromatic nitrogens is 2. The van der Waals surface area contributed by atoms with Crippen LogP contribution in [0.4, 0.5) is 0 Å². The molecule has 1 fully saturated rings. The van der Waals surface area contributed by atoms with Crippen LogP contribution in [0.1, 0.15) is 38.4 Å². The van der Waals surface area contributed by atoms with Crippen LogP contribution in [0.3, 0.4) is 0 Å². The van der Waals surface area contributed by atoms with Crippen LogP contribution in [0.25, 0.3) is 11.0 Å². The number of para-hydroxylation sites is 2. The molecule has 1 aromatic carbocycles. The predicted octanol–water partition coefficient (Wildman–Crippen LogP) is 2.44. The summed E-state index contributed by atoms with van der Waals surface area (Å²) in [7, 11) is -3.02. The average Bonchev–Trinajstić information content (AvgIpc) is 2.92. The van der Waals surface area contributed by atoms with Crippen LogP contribution < -0.4 is 0 Å². The minimum atomic E-state index is -3.02. The number of amides is 1. The van der Waals surface area contributed by atoms with Gasteiger partial charge in [0.1, 0.15) is 22.2 Å². The first-order valence-electron chi connectivity index (χ1n) is 9.15. The van der Waals surface area contributed by atoms with E-state index in [0.717, 1.165) is 29.7 Å². The fraction of sp³-hybridized carbons (Fsp3) is 0.579. The van der Waals surface area contributed by atoms with Gasteiger partial charge in [-0.05, 0) is 30.9 Å². The topological polar surface area (TPSA) is 72.3 Å². The summed E-state index contributed by atoms with van der Waals surface area (Å²) in [5.74, 6) is 1.35. The SMILES string of the molecule is CC(C)c1nc2ccccc2n1CC(=O)N1CCCC(CS(C)(=O)=O)C1. The molecule has 0 saturated carbocycles.